The molecule has 0 aliphatic heterocycles. The predicted molar refractivity (Wildman–Crippen MR) is 117 cm³/mol. The molecule has 138 valence electrons. The van der Waals surface area contributed by atoms with E-state index in [0.717, 1.165) is 27.5 Å². The Balaban J connectivity index is 1.80. The minimum atomic E-state index is 0.00356. The van der Waals surface area contributed by atoms with Crippen LogP contribution in [0.2, 0.25) is 0 Å². The highest BCUT2D eigenvalue weighted by atomic mass is 32.1. The van der Waals surface area contributed by atoms with Gasteiger partial charge in [0.1, 0.15) is 9.88 Å². The molecular formula is C24H20N2OS. The Hall–Kier alpha value is -3.24. The van der Waals surface area contributed by atoms with Crippen LogP contribution in [0.1, 0.15) is 15.2 Å². The largest absolute Gasteiger partial charge is 0.378 e. The Labute approximate surface area is 168 Å². The molecule has 28 heavy (non-hydrogen) atoms. The number of aromatic nitrogens is 1. The fourth-order valence-corrected chi connectivity index (χ4v) is 4.07. The molecule has 4 heteroatoms. The Morgan fingerprint density at radius 1 is 0.786 bits per heavy atom. The van der Waals surface area contributed by atoms with Crippen molar-refractivity contribution in [2.45, 2.75) is 0 Å². The van der Waals surface area contributed by atoms with Crippen LogP contribution < -0.4 is 4.90 Å². The van der Waals surface area contributed by atoms with Crippen molar-refractivity contribution in [2.24, 2.45) is 0 Å². The first-order valence-electron chi connectivity index (χ1n) is 9.07. The number of benzene rings is 3. The van der Waals surface area contributed by atoms with Crippen LogP contribution in [0.4, 0.5) is 5.69 Å². The van der Waals surface area contributed by atoms with Gasteiger partial charge in [-0.05, 0) is 24.3 Å². The van der Waals surface area contributed by atoms with Gasteiger partial charge in [-0.25, -0.2) is 4.98 Å². The van der Waals surface area contributed by atoms with Gasteiger partial charge in [0.05, 0.1) is 5.69 Å². The summed E-state index contributed by atoms with van der Waals surface area (Å²) in [7, 11) is 3.97. The van der Waals surface area contributed by atoms with Crippen molar-refractivity contribution in [1.29, 1.82) is 0 Å². The van der Waals surface area contributed by atoms with Crippen LogP contribution in [0.5, 0.6) is 0 Å². The van der Waals surface area contributed by atoms with Gasteiger partial charge in [-0.1, -0.05) is 60.7 Å². The number of carbonyl (C=O) groups excluding carboxylic acids is 1. The number of rotatable bonds is 5. The van der Waals surface area contributed by atoms with Gasteiger partial charge in [0.2, 0.25) is 5.78 Å². The molecule has 0 aliphatic rings. The molecule has 4 rings (SSSR count). The van der Waals surface area contributed by atoms with E-state index >= 15 is 0 Å². The Morgan fingerprint density at radius 3 is 1.93 bits per heavy atom. The summed E-state index contributed by atoms with van der Waals surface area (Å²) in [5, 5.41) is 0.854. The number of thiazole rings is 1. The Kier molecular flexibility index (Phi) is 5.04. The Bertz CT molecular complexity index is 1080. The lowest BCUT2D eigenvalue weighted by Crippen LogP contribution is -2.09. The SMILES string of the molecule is CN(C)c1ccc(C(=O)c2sc(-c3ccccc3)nc2-c2ccccc2)cc1. The molecule has 1 aromatic heterocycles. The molecule has 0 spiro atoms. The number of nitrogens with zero attached hydrogens (tertiary/aromatic N) is 2. The summed E-state index contributed by atoms with van der Waals surface area (Å²) < 4.78 is 0. The molecule has 1 heterocycles. The van der Waals surface area contributed by atoms with Gasteiger partial charge in [-0.15, -0.1) is 11.3 Å². The van der Waals surface area contributed by atoms with E-state index in [-0.39, 0.29) is 5.78 Å². The molecule has 0 saturated heterocycles. The van der Waals surface area contributed by atoms with Crippen LogP contribution in [-0.2, 0) is 0 Å². The average molecular weight is 385 g/mol. The molecule has 3 aromatic carbocycles. The number of anilines is 1. The van der Waals surface area contributed by atoms with Gasteiger partial charge >= 0.3 is 0 Å². The van der Waals surface area contributed by atoms with Gasteiger partial charge in [0.15, 0.2) is 0 Å². The molecule has 0 fully saturated rings. The van der Waals surface area contributed by atoms with E-state index in [2.05, 4.69) is 0 Å². The summed E-state index contributed by atoms with van der Waals surface area (Å²) in [4.78, 5) is 20.8. The monoisotopic (exact) mass is 384 g/mol. The first-order chi connectivity index (χ1) is 13.6. The number of hydrogen-bond acceptors (Lipinski definition) is 4. The third-order valence-corrected chi connectivity index (χ3v) is 5.65. The maximum atomic E-state index is 13.3. The van der Waals surface area contributed by atoms with E-state index in [9.17, 15) is 4.79 Å². The summed E-state index contributed by atoms with van der Waals surface area (Å²) in [5.74, 6) is 0.00356. The average Bonchev–Trinajstić information content (AvgIpc) is 3.20. The molecule has 0 unspecified atom stereocenters. The Morgan fingerprint density at radius 2 is 1.36 bits per heavy atom. The zero-order valence-corrected chi connectivity index (χ0v) is 16.6. The lowest BCUT2D eigenvalue weighted by atomic mass is 10.0. The quantitative estimate of drug-likeness (QED) is 0.409. The second-order valence-electron chi connectivity index (χ2n) is 6.70. The molecule has 0 bridgehead atoms. The maximum Gasteiger partial charge on any atom is 0.205 e. The molecule has 0 N–H and O–H groups in total. The number of hydrogen-bond donors (Lipinski definition) is 0. The van der Waals surface area contributed by atoms with E-state index in [0.29, 0.717) is 10.4 Å². The fraction of sp³-hybridized carbons (Fsp3) is 0.0833. The van der Waals surface area contributed by atoms with E-state index < -0.39 is 0 Å². The molecular weight excluding hydrogens is 364 g/mol. The van der Waals surface area contributed by atoms with Gasteiger partial charge in [0.25, 0.3) is 0 Å². The van der Waals surface area contributed by atoms with Crippen LogP contribution in [0.3, 0.4) is 0 Å². The highest BCUT2D eigenvalue weighted by Gasteiger charge is 2.21. The topological polar surface area (TPSA) is 33.2 Å². The summed E-state index contributed by atoms with van der Waals surface area (Å²) in [5.41, 5.74) is 4.45. The summed E-state index contributed by atoms with van der Waals surface area (Å²) in [6.07, 6.45) is 0. The second-order valence-corrected chi connectivity index (χ2v) is 7.70. The number of carbonyl (C=O) groups is 1. The molecule has 0 saturated carbocycles. The van der Waals surface area contributed by atoms with Gasteiger partial charge < -0.3 is 4.90 Å². The first-order valence-corrected chi connectivity index (χ1v) is 9.89. The normalized spacial score (nSPS) is 10.6. The van der Waals surface area contributed by atoms with Gasteiger partial charge in [-0.3, -0.25) is 4.79 Å². The van der Waals surface area contributed by atoms with E-state index in [4.69, 9.17) is 4.98 Å². The minimum Gasteiger partial charge on any atom is -0.378 e. The second kappa shape index (κ2) is 7.79. The lowest BCUT2D eigenvalue weighted by Gasteiger charge is -2.12. The van der Waals surface area contributed by atoms with Crippen molar-refractivity contribution < 1.29 is 4.79 Å². The highest BCUT2D eigenvalue weighted by Crippen LogP contribution is 2.35. The van der Waals surface area contributed by atoms with E-state index in [1.807, 2.05) is 104 Å². The summed E-state index contributed by atoms with van der Waals surface area (Å²) in [6, 6.07) is 27.6. The van der Waals surface area contributed by atoms with Crippen LogP contribution in [0, 0.1) is 0 Å². The van der Waals surface area contributed by atoms with Crippen molar-refractivity contribution in [1.82, 2.24) is 4.98 Å². The molecule has 0 aliphatic carbocycles. The van der Waals surface area contributed by atoms with Crippen molar-refractivity contribution >= 4 is 22.8 Å². The van der Waals surface area contributed by atoms with Crippen molar-refractivity contribution in [3.8, 4) is 21.8 Å². The molecule has 4 aromatic rings. The molecule has 0 radical (unpaired) electrons. The third-order valence-electron chi connectivity index (χ3n) is 4.55. The minimum absolute atomic E-state index is 0.00356. The van der Waals surface area contributed by atoms with E-state index in [1.54, 1.807) is 0 Å². The highest BCUT2D eigenvalue weighted by molar-refractivity contribution is 7.17. The lowest BCUT2D eigenvalue weighted by molar-refractivity contribution is 0.104. The third kappa shape index (κ3) is 3.59. The van der Waals surface area contributed by atoms with Gasteiger partial charge in [-0.2, -0.15) is 0 Å². The van der Waals surface area contributed by atoms with Crippen LogP contribution in [0.25, 0.3) is 21.8 Å². The summed E-state index contributed by atoms with van der Waals surface area (Å²) in [6.45, 7) is 0. The van der Waals surface area contributed by atoms with Crippen molar-refractivity contribution in [3.63, 3.8) is 0 Å². The van der Waals surface area contributed by atoms with Gasteiger partial charge in [0, 0.05) is 36.5 Å². The van der Waals surface area contributed by atoms with Crippen LogP contribution >= 0.6 is 11.3 Å². The van der Waals surface area contributed by atoms with Crippen molar-refractivity contribution in [2.75, 3.05) is 19.0 Å². The zero-order chi connectivity index (χ0) is 19.5. The smallest absolute Gasteiger partial charge is 0.205 e. The van der Waals surface area contributed by atoms with Crippen molar-refractivity contribution in [3.05, 3.63) is 95.4 Å². The standard InChI is InChI=1S/C24H20N2OS/c1-26(2)20-15-13-18(14-16-20)22(27)23-21(17-9-5-3-6-10-17)25-24(28-23)19-11-7-4-8-12-19/h3-16H,1-2H3. The van der Waals surface area contributed by atoms with E-state index in [1.165, 1.54) is 11.3 Å². The maximum absolute atomic E-state index is 13.3. The van der Waals surface area contributed by atoms with Crippen LogP contribution in [0.15, 0.2) is 84.9 Å². The number of ketones is 1. The molecule has 0 amide bonds. The summed E-state index contributed by atoms with van der Waals surface area (Å²) >= 11 is 1.45. The predicted octanol–water partition coefficient (Wildman–Crippen LogP) is 5.77. The van der Waals surface area contributed by atoms with Crippen LogP contribution in [-0.4, -0.2) is 24.9 Å². The molecule has 3 nitrogen and oxygen atoms in total. The first kappa shape index (κ1) is 18.1. The fourth-order valence-electron chi connectivity index (χ4n) is 3.01. The molecule has 0 atom stereocenters. The zero-order valence-electron chi connectivity index (χ0n) is 15.8.